The Morgan fingerprint density at radius 1 is 1.50 bits per heavy atom. The summed E-state index contributed by atoms with van der Waals surface area (Å²) in [5.74, 6) is 0.247. The molecule has 0 amide bonds. The SMILES string of the molecule is CCCNC(CCN(C)C1CCS(=O)(=O)C1)C(=O)OC. The standard InChI is InChI=1S/C13H26N2O4S/c1-4-7-14-12(13(16)19-3)5-8-15(2)11-6-9-20(17,18)10-11/h11-12,14H,4-10H2,1-3H3. The fourth-order valence-corrected chi connectivity index (χ4v) is 4.21. The molecule has 0 aliphatic carbocycles. The van der Waals surface area contributed by atoms with Crippen molar-refractivity contribution in [3.8, 4) is 0 Å². The Hall–Kier alpha value is -0.660. The quantitative estimate of drug-likeness (QED) is 0.638. The van der Waals surface area contributed by atoms with Gasteiger partial charge in [0.15, 0.2) is 9.84 Å². The van der Waals surface area contributed by atoms with E-state index in [0.717, 1.165) is 13.0 Å². The van der Waals surface area contributed by atoms with Gasteiger partial charge in [-0.1, -0.05) is 6.92 Å². The Morgan fingerprint density at radius 2 is 2.20 bits per heavy atom. The summed E-state index contributed by atoms with van der Waals surface area (Å²) < 4.78 is 27.7. The van der Waals surface area contributed by atoms with Crippen LogP contribution < -0.4 is 5.32 Å². The highest BCUT2D eigenvalue weighted by Crippen LogP contribution is 2.16. The number of esters is 1. The number of nitrogens with zero attached hydrogens (tertiary/aromatic N) is 1. The largest absolute Gasteiger partial charge is 0.468 e. The molecule has 6 nitrogen and oxygen atoms in total. The lowest BCUT2D eigenvalue weighted by Gasteiger charge is -2.25. The topological polar surface area (TPSA) is 75.7 Å². The molecule has 0 spiro atoms. The summed E-state index contributed by atoms with van der Waals surface area (Å²) in [4.78, 5) is 13.7. The molecular weight excluding hydrogens is 280 g/mol. The number of hydrogen-bond donors (Lipinski definition) is 1. The van der Waals surface area contributed by atoms with Gasteiger partial charge in [0.05, 0.1) is 18.6 Å². The van der Waals surface area contributed by atoms with Crippen molar-refractivity contribution in [3.63, 3.8) is 0 Å². The fourth-order valence-electron chi connectivity index (χ4n) is 2.40. The van der Waals surface area contributed by atoms with Crippen molar-refractivity contribution < 1.29 is 17.9 Å². The molecule has 1 saturated heterocycles. The minimum absolute atomic E-state index is 0.0736. The number of methoxy groups -OCH3 is 1. The van der Waals surface area contributed by atoms with E-state index in [2.05, 4.69) is 5.32 Å². The monoisotopic (exact) mass is 306 g/mol. The number of hydrogen-bond acceptors (Lipinski definition) is 6. The van der Waals surface area contributed by atoms with E-state index in [-0.39, 0.29) is 29.6 Å². The summed E-state index contributed by atoms with van der Waals surface area (Å²) >= 11 is 0. The molecule has 0 aromatic carbocycles. The molecule has 1 fully saturated rings. The second-order valence-electron chi connectivity index (χ2n) is 5.36. The molecule has 20 heavy (non-hydrogen) atoms. The van der Waals surface area contributed by atoms with Crippen LogP contribution >= 0.6 is 0 Å². The Kier molecular flexibility index (Phi) is 6.91. The molecule has 0 radical (unpaired) electrons. The Morgan fingerprint density at radius 3 is 2.70 bits per heavy atom. The number of nitrogens with one attached hydrogen (secondary N) is 1. The Balaban J connectivity index is 2.44. The van der Waals surface area contributed by atoms with Crippen LogP contribution in [0.4, 0.5) is 0 Å². The predicted octanol–water partition coefficient (Wildman–Crippen LogP) is 0.0366. The minimum Gasteiger partial charge on any atom is -0.468 e. The summed E-state index contributed by atoms with van der Waals surface area (Å²) in [7, 11) is 0.438. The van der Waals surface area contributed by atoms with Gasteiger partial charge in [-0.15, -0.1) is 0 Å². The molecule has 1 heterocycles. The highest BCUT2D eigenvalue weighted by molar-refractivity contribution is 7.91. The summed E-state index contributed by atoms with van der Waals surface area (Å²) in [5.41, 5.74) is 0. The van der Waals surface area contributed by atoms with Gasteiger partial charge in [-0.25, -0.2) is 8.42 Å². The van der Waals surface area contributed by atoms with E-state index in [1.54, 1.807) is 0 Å². The van der Waals surface area contributed by atoms with Gasteiger partial charge in [-0.2, -0.15) is 0 Å². The van der Waals surface area contributed by atoms with Crippen LogP contribution in [0.3, 0.4) is 0 Å². The maximum absolute atomic E-state index is 11.7. The van der Waals surface area contributed by atoms with Crippen LogP contribution in [0.5, 0.6) is 0 Å². The zero-order valence-corrected chi connectivity index (χ0v) is 13.4. The van der Waals surface area contributed by atoms with E-state index in [0.29, 0.717) is 19.4 Å². The smallest absolute Gasteiger partial charge is 0.322 e. The van der Waals surface area contributed by atoms with E-state index >= 15 is 0 Å². The molecule has 7 heteroatoms. The van der Waals surface area contributed by atoms with Crippen molar-refractivity contribution in [1.82, 2.24) is 10.2 Å². The first-order valence-electron chi connectivity index (χ1n) is 7.11. The summed E-state index contributed by atoms with van der Waals surface area (Å²) in [6.07, 6.45) is 2.26. The van der Waals surface area contributed by atoms with E-state index < -0.39 is 9.84 Å². The van der Waals surface area contributed by atoms with Crippen molar-refractivity contribution in [2.45, 2.75) is 38.3 Å². The van der Waals surface area contributed by atoms with Crippen LogP contribution in [0.1, 0.15) is 26.2 Å². The fraction of sp³-hybridized carbons (Fsp3) is 0.923. The van der Waals surface area contributed by atoms with E-state index in [1.165, 1.54) is 7.11 Å². The van der Waals surface area contributed by atoms with E-state index in [9.17, 15) is 13.2 Å². The first-order valence-corrected chi connectivity index (χ1v) is 8.93. The molecule has 1 aliphatic rings. The molecule has 2 unspecified atom stereocenters. The van der Waals surface area contributed by atoms with E-state index in [4.69, 9.17) is 4.74 Å². The van der Waals surface area contributed by atoms with Gasteiger partial charge in [0.1, 0.15) is 6.04 Å². The predicted molar refractivity (Wildman–Crippen MR) is 78.4 cm³/mol. The normalized spacial score (nSPS) is 22.9. The van der Waals surface area contributed by atoms with Gasteiger partial charge >= 0.3 is 5.97 Å². The van der Waals surface area contributed by atoms with Gasteiger partial charge in [-0.05, 0) is 32.9 Å². The van der Waals surface area contributed by atoms with Crippen molar-refractivity contribution in [3.05, 3.63) is 0 Å². The van der Waals surface area contributed by atoms with Crippen LogP contribution in [0.25, 0.3) is 0 Å². The van der Waals surface area contributed by atoms with Crippen molar-refractivity contribution in [2.24, 2.45) is 0 Å². The lowest BCUT2D eigenvalue weighted by molar-refractivity contribution is -0.143. The van der Waals surface area contributed by atoms with Crippen LogP contribution in [-0.2, 0) is 19.4 Å². The third-order valence-corrected chi connectivity index (χ3v) is 5.48. The average molecular weight is 306 g/mol. The number of ether oxygens (including phenoxy) is 1. The van der Waals surface area contributed by atoms with E-state index in [1.807, 2.05) is 18.9 Å². The summed E-state index contributed by atoms with van der Waals surface area (Å²) in [6.45, 7) is 3.48. The second kappa shape index (κ2) is 7.95. The van der Waals surface area contributed by atoms with Gasteiger partial charge in [0.2, 0.25) is 0 Å². The molecule has 0 bridgehead atoms. The molecule has 0 aromatic rings. The molecule has 0 saturated carbocycles. The maximum Gasteiger partial charge on any atom is 0.322 e. The zero-order chi connectivity index (χ0) is 15.2. The lowest BCUT2D eigenvalue weighted by atomic mass is 10.1. The molecule has 118 valence electrons. The number of carbonyl (C=O) groups is 1. The van der Waals surface area contributed by atoms with Gasteiger partial charge < -0.3 is 15.0 Å². The van der Waals surface area contributed by atoms with Crippen molar-refractivity contribution >= 4 is 15.8 Å². The first kappa shape index (κ1) is 17.4. The van der Waals surface area contributed by atoms with Crippen LogP contribution in [-0.4, -0.2) is 70.1 Å². The van der Waals surface area contributed by atoms with Crippen LogP contribution in [0.2, 0.25) is 0 Å². The maximum atomic E-state index is 11.7. The Labute approximate surface area is 121 Å². The van der Waals surface area contributed by atoms with Gasteiger partial charge in [0, 0.05) is 12.6 Å². The van der Waals surface area contributed by atoms with Crippen LogP contribution in [0.15, 0.2) is 0 Å². The van der Waals surface area contributed by atoms with Crippen LogP contribution in [0, 0.1) is 0 Å². The molecule has 1 aliphatic heterocycles. The average Bonchev–Trinajstić information content (AvgIpc) is 2.78. The molecule has 0 aromatic heterocycles. The molecule has 1 rings (SSSR count). The summed E-state index contributed by atoms with van der Waals surface area (Å²) in [5, 5.41) is 3.16. The third kappa shape index (κ3) is 5.38. The highest BCUT2D eigenvalue weighted by Gasteiger charge is 2.31. The number of sulfone groups is 1. The van der Waals surface area contributed by atoms with Crippen molar-refractivity contribution in [2.75, 3.05) is 38.8 Å². The summed E-state index contributed by atoms with van der Waals surface area (Å²) in [6, 6.07) is -0.245. The molecule has 1 N–H and O–H groups in total. The Bertz CT molecular complexity index is 411. The van der Waals surface area contributed by atoms with Crippen molar-refractivity contribution in [1.29, 1.82) is 0 Å². The third-order valence-electron chi connectivity index (χ3n) is 3.73. The highest BCUT2D eigenvalue weighted by atomic mass is 32.2. The first-order chi connectivity index (χ1) is 9.39. The molecular formula is C13H26N2O4S. The van der Waals surface area contributed by atoms with Gasteiger partial charge in [-0.3, -0.25) is 4.79 Å². The number of carbonyl (C=O) groups excluding carboxylic acids is 1. The molecule has 2 atom stereocenters. The number of rotatable bonds is 8. The zero-order valence-electron chi connectivity index (χ0n) is 12.6. The van der Waals surface area contributed by atoms with Gasteiger partial charge in [0.25, 0.3) is 0 Å². The second-order valence-corrected chi connectivity index (χ2v) is 7.58. The lowest BCUT2D eigenvalue weighted by Crippen LogP contribution is -2.42. The minimum atomic E-state index is -2.86.